The lowest BCUT2D eigenvalue weighted by atomic mass is 10.4. The summed E-state index contributed by atoms with van der Waals surface area (Å²) in [6, 6.07) is 0. The molecule has 0 aliphatic rings. The molecule has 0 saturated heterocycles. The van der Waals surface area contributed by atoms with Crippen molar-refractivity contribution in [2.75, 3.05) is 24.7 Å². The van der Waals surface area contributed by atoms with Crippen LogP contribution in [0.15, 0.2) is 4.73 Å². The van der Waals surface area contributed by atoms with E-state index in [9.17, 15) is 0 Å². The third kappa shape index (κ3) is 2.76. The SMILES string of the molecule is Nc1nc(N)c2nc(Br)n(COC(CO)CO)c2n1. The number of anilines is 2. The first-order chi connectivity index (χ1) is 9.06. The molecule has 0 bridgehead atoms. The Bertz CT molecular complexity index is 585. The molecule has 2 rings (SSSR count). The number of halogens is 1. The highest BCUT2D eigenvalue weighted by Crippen LogP contribution is 2.23. The summed E-state index contributed by atoms with van der Waals surface area (Å²) in [6.45, 7) is -0.557. The molecule has 0 radical (unpaired) electrons. The molecule has 2 aromatic rings. The van der Waals surface area contributed by atoms with E-state index in [1.807, 2.05) is 0 Å². The number of aliphatic hydroxyl groups excluding tert-OH is 2. The molecule has 10 heteroatoms. The van der Waals surface area contributed by atoms with Crippen molar-refractivity contribution in [1.29, 1.82) is 0 Å². The largest absolute Gasteiger partial charge is 0.394 e. The summed E-state index contributed by atoms with van der Waals surface area (Å²) >= 11 is 3.24. The van der Waals surface area contributed by atoms with Crippen molar-refractivity contribution in [3.63, 3.8) is 0 Å². The maximum Gasteiger partial charge on any atom is 0.224 e. The lowest BCUT2D eigenvalue weighted by molar-refractivity contribution is -0.0494. The van der Waals surface area contributed by atoms with Crippen molar-refractivity contribution in [1.82, 2.24) is 19.5 Å². The van der Waals surface area contributed by atoms with Crippen molar-refractivity contribution >= 4 is 38.9 Å². The second-order valence-electron chi connectivity index (χ2n) is 3.73. The lowest BCUT2D eigenvalue weighted by Crippen LogP contribution is -2.23. The van der Waals surface area contributed by atoms with Gasteiger partial charge in [0.2, 0.25) is 5.95 Å². The Morgan fingerprint density at radius 3 is 2.53 bits per heavy atom. The first kappa shape index (κ1) is 13.9. The predicted molar refractivity (Wildman–Crippen MR) is 70.9 cm³/mol. The van der Waals surface area contributed by atoms with E-state index in [4.69, 9.17) is 26.4 Å². The van der Waals surface area contributed by atoms with Gasteiger partial charge in [-0.2, -0.15) is 9.97 Å². The van der Waals surface area contributed by atoms with E-state index in [1.165, 1.54) is 0 Å². The Kier molecular flexibility index (Phi) is 4.14. The summed E-state index contributed by atoms with van der Waals surface area (Å²) < 4.78 is 7.30. The number of nitrogen functional groups attached to an aromatic ring is 2. The van der Waals surface area contributed by atoms with Crippen LogP contribution in [0.1, 0.15) is 0 Å². The Hall–Kier alpha value is -1.49. The number of imidazole rings is 1. The predicted octanol–water partition coefficient (Wildman–Crippen LogP) is -0.919. The van der Waals surface area contributed by atoms with Gasteiger partial charge in [0.15, 0.2) is 21.7 Å². The normalized spacial score (nSPS) is 11.6. The fourth-order valence-corrected chi connectivity index (χ4v) is 1.92. The van der Waals surface area contributed by atoms with Crippen LogP contribution in [0.25, 0.3) is 11.2 Å². The summed E-state index contributed by atoms with van der Waals surface area (Å²) in [4.78, 5) is 12.0. The number of nitrogens with zero attached hydrogens (tertiary/aromatic N) is 4. The van der Waals surface area contributed by atoms with E-state index in [1.54, 1.807) is 4.57 Å². The third-order valence-electron chi connectivity index (χ3n) is 2.44. The summed E-state index contributed by atoms with van der Waals surface area (Å²) in [5.74, 6) is 0.197. The summed E-state index contributed by atoms with van der Waals surface area (Å²) in [6.07, 6.45) is -0.680. The van der Waals surface area contributed by atoms with Crippen LogP contribution in [0.4, 0.5) is 11.8 Å². The molecule has 0 aliphatic heterocycles. The Labute approximate surface area is 116 Å². The molecule has 2 aromatic heterocycles. The average molecular weight is 333 g/mol. The first-order valence-corrected chi connectivity index (χ1v) is 6.14. The molecule has 0 unspecified atom stereocenters. The van der Waals surface area contributed by atoms with Crippen molar-refractivity contribution in [2.45, 2.75) is 12.8 Å². The number of rotatable bonds is 5. The van der Waals surface area contributed by atoms with Gasteiger partial charge in [-0.05, 0) is 15.9 Å². The molecule has 104 valence electrons. The van der Waals surface area contributed by atoms with Gasteiger partial charge < -0.3 is 26.4 Å². The Balaban J connectivity index is 2.34. The van der Waals surface area contributed by atoms with Gasteiger partial charge >= 0.3 is 0 Å². The highest BCUT2D eigenvalue weighted by atomic mass is 79.9. The fourth-order valence-electron chi connectivity index (χ4n) is 1.47. The molecule has 0 saturated carbocycles. The highest BCUT2D eigenvalue weighted by molar-refractivity contribution is 9.10. The van der Waals surface area contributed by atoms with Gasteiger partial charge in [-0.1, -0.05) is 0 Å². The van der Waals surface area contributed by atoms with Gasteiger partial charge in [0.05, 0.1) is 13.2 Å². The molecule has 2 heterocycles. The minimum Gasteiger partial charge on any atom is -0.394 e. The van der Waals surface area contributed by atoms with Crippen LogP contribution in [0.3, 0.4) is 0 Å². The topological polar surface area (TPSA) is 145 Å². The fraction of sp³-hybridized carbons (Fsp3) is 0.444. The maximum absolute atomic E-state index is 8.94. The quantitative estimate of drug-likeness (QED) is 0.514. The number of ether oxygens (including phenoxy) is 1. The van der Waals surface area contributed by atoms with E-state index >= 15 is 0 Å². The number of hydrogen-bond acceptors (Lipinski definition) is 8. The minimum atomic E-state index is -0.680. The molecule has 0 aromatic carbocycles. The number of fused-ring (bicyclic) bond motifs is 1. The minimum absolute atomic E-state index is 0.0266. The van der Waals surface area contributed by atoms with Crippen LogP contribution in [0.2, 0.25) is 0 Å². The zero-order chi connectivity index (χ0) is 14.0. The molecule has 9 nitrogen and oxygen atoms in total. The van der Waals surface area contributed by atoms with Gasteiger partial charge in [0, 0.05) is 0 Å². The van der Waals surface area contributed by atoms with Gasteiger partial charge in [-0.3, -0.25) is 4.57 Å². The monoisotopic (exact) mass is 332 g/mol. The molecule has 6 N–H and O–H groups in total. The smallest absolute Gasteiger partial charge is 0.224 e. The zero-order valence-electron chi connectivity index (χ0n) is 9.82. The first-order valence-electron chi connectivity index (χ1n) is 5.34. The van der Waals surface area contributed by atoms with Crippen LogP contribution in [-0.2, 0) is 11.5 Å². The zero-order valence-corrected chi connectivity index (χ0v) is 11.4. The highest BCUT2D eigenvalue weighted by Gasteiger charge is 2.16. The van der Waals surface area contributed by atoms with Crippen molar-refractivity contribution in [3.05, 3.63) is 4.73 Å². The second kappa shape index (κ2) is 5.65. The van der Waals surface area contributed by atoms with Crippen LogP contribution >= 0.6 is 15.9 Å². The Morgan fingerprint density at radius 1 is 1.21 bits per heavy atom. The van der Waals surface area contributed by atoms with E-state index in [0.29, 0.717) is 15.9 Å². The second-order valence-corrected chi connectivity index (χ2v) is 4.44. The summed E-state index contributed by atoms with van der Waals surface area (Å²) in [7, 11) is 0. The lowest BCUT2D eigenvalue weighted by Gasteiger charge is -2.13. The third-order valence-corrected chi connectivity index (χ3v) is 3.04. The molecule has 0 amide bonds. The van der Waals surface area contributed by atoms with E-state index in [2.05, 4.69) is 30.9 Å². The van der Waals surface area contributed by atoms with Crippen molar-refractivity contribution < 1.29 is 14.9 Å². The van der Waals surface area contributed by atoms with Crippen LogP contribution < -0.4 is 11.5 Å². The van der Waals surface area contributed by atoms with E-state index in [-0.39, 0.29) is 31.7 Å². The number of aromatic nitrogens is 4. The van der Waals surface area contributed by atoms with Crippen molar-refractivity contribution in [2.24, 2.45) is 0 Å². The summed E-state index contributed by atoms with van der Waals surface area (Å²) in [5.41, 5.74) is 12.0. The molecule has 19 heavy (non-hydrogen) atoms. The number of hydrogen-bond donors (Lipinski definition) is 4. The maximum atomic E-state index is 8.94. The molecular formula is C9H13BrN6O3. The van der Waals surface area contributed by atoms with Gasteiger partial charge in [-0.25, -0.2) is 4.98 Å². The molecular weight excluding hydrogens is 320 g/mol. The molecule has 0 atom stereocenters. The molecule has 0 aliphatic carbocycles. The summed E-state index contributed by atoms with van der Waals surface area (Å²) in [5, 5.41) is 17.9. The number of aliphatic hydroxyl groups is 2. The average Bonchev–Trinajstić information content (AvgIpc) is 2.68. The molecule has 0 fully saturated rings. The van der Waals surface area contributed by atoms with E-state index < -0.39 is 6.10 Å². The van der Waals surface area contributed by atoms with Crippen LogP contribution in [0, 0.1) is 0 Å². The standard InChI is InChI=1S/C9H13BrN6O3/c10-8-13-5-6(11)14-9(12)15-7(5)16(8)3-19-4(1-17)2-18/h4,17-18H,1-3H2,(H4,11,12,14,15). The van der Waals surface area contributed by atoms with Crippen molar-refractivity contribution in [3.8, 4) is 0 Å². The van der Waals surface area contributed by atoms with Gasteiger partial charge in [0.25, 0.3) is 0 Å². The molecule has 0 spiro atoms. The Morgan fingerprint density at radius 2 is 1.89 bits per heavy atom. The number of nitrogens with two attached hydrogens (primary N) is 2. The van der Waals surface area contributed by atoms with Crippen LogP contribution in [-0.4, -0.2) is 49.0 Å². The van der Waals surface area contributed by atoms with Gasteiger partial charge in [-0.15, -0.1) is 0 Å². The van der Waals surface area contributed by atoms with E-state index in [0.717, 1.165) is 0 Å². The van der Waals surface area contributed by atoms with Crippen LogP contribution in [0.5, 0.6) is 0 Å². The van der Waals surface area contributed by atoms with Gasteiger partial charge in [0.1, 0.15) is 12.8 Å².